The van der Waals surface area contributed by atoms with E-state index in [2.05, 4.69) is 10.1 Å². The highest BCUT2D eigenvalue weighted by Gasteiger charge is 2.43. The molecule has 0 saturated carbocycles. The van der Waals surface area contributed by atoms with Crippen LogP contribution in [0.15, 0.2) is 30.6 Å². The molecular weight excluding hydrogens is 309 g/mol. The zero-order chi connectivity index (χ0) is 15.6. The Morgan fingerprint density at radius 2 is 2.14 bits per heavy atom. The number of hydrogen-bond donors (Lipinski definition) is 1. The van der Waals surface area contributed by atoms with E-state index in [1.165, 1.54) is 42.3 Å². The van der Waals surface area contributed by atoms with Gasteiger partial charge in [0, 0.05) is 19.4 Å². The number of nitrogens with one attached hydrogen (secondary N) is 1. The topological polar surface area (TPSA) is 59.8 Å². The van der Waals surface area contributed by atoms with Gasteiger partial charge in [0.1, 0.15) is 0 Å². The van der Waals surface area contributed by atoms with Crippen LogP contribution in [0.4, 0.5) is 13.2 Å². The van der Waals surface area contributed by atoms with Crippen molar-refractivity contribution in [2.45, 2.75) is 12.2 Å². The van der Waals surface area contributed by atoms with Crippen molar-refractivity contribution in [3.05, 3.63) is 47.0 Å². The number of carbonyl (C=O) groups excluding carboxylic acids is 1. The lowest BCUT2D eigenvalue weighted by molar-refractivity contribution is -0.156. The Balaban J connectivity index is 2.28. The lowest BCUT2D eigenvalue weighted by atomic mass is 10.1. The van der Waals surface area contributed by atoms with Gasteiger partial charge in [-0.25, -0.2) is 0 Å². The van der Waals surface area contributed by atoms with E-state index in [0.717, 1.165) is 0 Å². The summed E-state index contributed by atoms with van der Waals surface area (Å²) in [6.07, 6.45) is -2.15. The van der Waals surface area contributed by atoms with Gasteiger partial charge < -0.3 is 5.32 Å². The monoisotopic (exact) mass is 318 g/mol. The van der Waals surface area contributed by atoms with Crippen LogP contribution in [0.2, 0.25) is 5.02 Å². The Morgan fingerprint density at radius 3 is 2.62 bits per heavy atom. The van der Waals surface area contributed by atoms with Crippen LogP contribution in [-0.4, -0.2) is 26.8 Å². The molecule has 1 amide bonds. The molecule has 1 atom stereocenters. The van der Waals surface area contributed by atoms with Crippen LogP contribution in [0.1, 0.15) is 22.2 Å². The molecule has 0 aliphatic heterocycles. The van der Waals surface area contributed by atoms with Crippen molar-refractivity contribution >= 4 is 17.5 Å². The summed E-state index contributed by atoms with van der Waals surface area (Å²) in [5, 5.41) is 5.55. The number of aromatic nitrogens is 3. The van der Waals surface area contributed by atoms with Crippen LogP contribution in [0.25, 0.3) is 0 Å². The maximum Gasteiger partial charge on any atom is 0.414 e. The molecule has 0 radical (unpaired) electrons. The fourth-order valence-corrected chi connectivity index (χ4v) is 1.95. The molecule has 0 bridgehead atoms. The molecule has 1 N–H and O–H groups in total. The summed E-state index contributed by atoms with van der Waals surface area (Å²) in [4.78, 5) is 15.5. The van der Waals surface area contributed by atoms with Crippen LogP contribution < -0.4 is 5.32 Å². The number of hydrogen-bond acceptors (Lipinski definition) is 3. The fourth-order valence-electron chi connectivity index (χ4n) is 1.68. The first kappa shape index (κ1) is 15.3. The second kappa shape index (κ2) is 5.72. The summed E-state index contributed by atoms with van der Waals surface area (Å²) in [7, 11) is 1.50. The molecule has 0 aliphatic rings. The average Bonchev–Trinajstić information content (AvgIpc) is 2.74. The normalized spacial score (nSPS) is 13.0. The molecule has 0 saturated heterocycles. The molecule has 0 aromatic carbocycles. The SMILES string of the molecule is Cn1cc(Cl)c(C(=O)NC(c2ccccn2)C(F)(F)F)n1. The first-order valence-electron chi connectivity index (χ1n) is 5.76. The molecule has 0 aliphatic carbocycles. The first-order chi connectivity index (χ1) is 9.79. The van der Waals surface area contributed by atoms with Crippen LogP contribution in [-0.2, 0) is 7.05 Å². The van der Waals surface area contributed by atoms with Gasteiger partial charge in [0.05, 0.1) is 10.7 Å². The van der Waals surface area contributed by atoms with E-state index < -0.39 is 18.1 Å². The summed E-state index contributed by atoms with van der Waals surface area (Å²) in [6.45, 7) is 0. The lowest BCUT2D eigenvalue weighted by Crippen LogP contribution is -2.39. The zero-order valence-corrected chi connectivity index (χ0v) is 11.5. The molecule has 21 heavy (non-hydrogen) atoms. The number of alkyl halides is 3. The lowest BCUT2D eigenvalue weighted by Gasteiger charge is -2.20. The molecule has 2 aromatic heterocycles. The van der Waals surface area contributed by atoms with Crippen molar-refractivity contribution < 1.29 is 18.0 Å². The minimum absolute atomic E-state index is 0.0306. The van der Waals surface area contributed by atoms with E-state index in [1.807, 2.05) is 5.32 Å². The Kier molecular flexibility index (Phi) is 4.17. The highest BCUT2D eigenvalue weighted by Crippen LogP contribution is 2.32. The Hall–Kier alpha value is -2.09. The molecular formula is C12H10ClF3N4O. The van der Waals surface area contributed by atoms with Crippen molar-refractivity contribution in [1.82, 2.24) is 20.1 Å². The standard InChI is InChI=1S/C12H10ClF3N4O/c1-20-6-7(13)9(19-20)11(21)18-10(12(14,15)16)8-4-2-3-5-17-8/h2-6,10H,1H3,(H,18,21). The third kappa shape index (κ3) is 3.52. The van der Waals surface area contributed by atoms with Gasteiger partial charge >= 0.3 is 6.18 Å². The average molecular weight is 319 g/mol. The molecule has 1 unspecified atom stereocenters. The van der Waals surface area contributed by atoms with Gasteiger partial charge in [0.15, 0.2) is 11.7 Å². The van der Waals surface area contributed by atoms with Gasteiger partial charge in [0.2, 0.25) is 0 Å². The van der Waals surface area contributed by atoms with Crippen LogP contribution in [0.3, 0.4) is 0 Å². The van der Waals surface area contributed by atoms with Crippen molar-refractivity contribution in [2.24, 2.45) is 7.05 Å². The molecule has 0 fully saturated rings. The highest BCUT2D eigenvalue weighted by molar-refractivity contribution is 6.33. The van der Waals surface area contributed by atoms with Crippen molar-refractivity contribution in [3.63, 3.8) is 0 Å². The third-order valence-corrected chi connectivity index (χ3v) is 2.86. The molecule has 2 rings (SSSR count). The number of amides is 1. The predicted molar refractivity (Wildman–Crippen MR) is 68.7 cm³/mol. The van der Waals surface area contributed by atoms with Crippen LogP contribution in [0, 0.1) is 0 Å². The molecule has 112 valence electrons. The van der Waals surface area contributed by atoms with E-state index in [0.29, 0.717) is 0 Å². The number of halogens is 4. The molecule has 5 nitrogen and oxygen atoms in total. The zero-order valence-electron chi connectivity index (χ0n) is 10.7. The third-order valence-electron chi connectivity index (χ3n) is 2.59. The number of carbonyl (C=O) groups is 1. The van der Waals surface area contributed by atoms with E-state index >= 15 is 0 Å². The van der Waals surface area contributed by atoms with Crippen molar-refractivity contribution in [1.29, 1.82) is 0 Å². The molecule has 2 aromatic rings. The van der Waals surface area contributed by atoms with Gasteiger partial charge in [-0.1, -0.05) is 17.7 Å². The largest absolute Gasteiger partial charge is 0.414 e. The quantitative estimate of drug-likeness (QED) is 0.946. The van der Waals surface area contributed by atoms with Gasteiger partial charge in [-0.2, -0.15) is 18.3 Å². The number of rotatable bonds is 3. The first-order valence-corrected chi connectivity index (χ1v) is 6.14. The fraction of sp³-hybridized carbons (Fsp3) is 0.250. The highest BCUT2D eigenvalue weighted by atomic mass is 35.5. The number of nitrogens with zero attached hydrogens (tertiary/aromatic N) is 3. The molecule has 2 heterocycles. The minimum atomic E-state index is -4.69. The minimum Gasteiger partial charge on any atom is -0.334 e. The number of aryl methyl sites for hydroxylation is 1. The summed E-state index contributed by atoms with van der Waals surface area (Å²) in [5.41, 5.74) is -0.588. The van der Waals surface area contributed by atoms with Gasteiger partial charge in [-0.05, 0) is 12.1 Å². The van der Waals surface area contributed by atoms with Gasteiger partial charge in [-0.15, -0.1) is 0 Å². The van der Waals surface area contributed by atoms with Crippen molar-refractivity contribution in [2.75, 3.05) is 0 Å². The Morgan fingerprint density at radius 1 is 1.43 bits per heavy atom. The van der Waals surface area contributed by atoms with E-state index in [1.54, 1.807) is 0 Å². The summed E-state index contributed by atoms with van der Waals surface area (Å²) >= 11 is 5.74. The Bertz CT molecular complexity index is 642. The second-order valence-electron chi connectivity index (χ2n) is 4.20. The number of pyridine rings is 1. The van der Waals surface area contributed by atoms with E-state index in [9.17, 15) is 18.0 Å². The summed E-state index contributed by atoms with van der Waals surface area (Å²) < 4.78 is 40.5. The smallest absolute Gasteiger partial charge is 0.334 e. The van der Waals surface area contributed by atoms with E-state index in [-0.39, 0.29) is 16.4 Å². The molecule has 0 spiro atoms. The maximum absolute atomic E-state index is 13.1. The van der Waals surface area contributed by atoms with Crippen LogP contribution in [0.5, 0.6) is 0 Å². The van der Waals surface area contributed by atoms with Gasteiger partial charge in [-0.3, -0.25) is 14.5 Å². The summed E-state index contributed by atoms with van der Waals surface area (Å²) in [5.74, 6) is -1.02. The Labute approximate surface area is 122 Å². The predicted octanol–water partition coefficient (Wildman–Crippen LogP) is 2.50. The second-order valence-corrected chi connectivity index (χ2v) is 4.61. The van der Waals surface area contributed by atoms with Gasteiger partial charge in [0.25, 0.3) is 5.91 Å². The van der Waals surface area contributed by atoms with E-state index in [4.69, 9.17) is 11.6 Å². The summed E-state index contributed by atoms with van der Waals surface area (Å²) in [6, 6.07) is 1.83. The maximum atomic E-state index is 13.1. The van der Waals surface area contributed by atoms with Crippen molar-refractivity contribution in [3.8, 4) is 0 Å². The van der Waals surface area contributed by atoms with Crippen LogP contribution >= 0.6 is 11.6 Å². The molecule has 9 heteroatoms.